The second-order valence-corrected chi connectivity index (χ2v) is 7.86. The van der Waals surface area contributed by atoms with Gasteiger partial charge in [-0.05, 0) is 65.6 Å². The molecule has 0 aromatic carbocycles. The lowest BCUT2D eigenvalue weighted by atomic mass is 9.59. The summed E-state index contributed by atoms with van der Waals surface area (Å²) in [5, 5.41) is 0. The first-order valence-electron chi connectivity index (χ1n) is 8.49. The molecule has 3 fully saturated rings. The van der Waals surface area contributed by atoms with Gasteiger partial charge in [-0.25, -0.2) is 0 Å². The van der Waals surface area contributed by atoms with Gasteiger partial charge >= 0.3 is 0 Å². The molecule has 0 heteroatoms. The minimum Gasteiger partial charge on any atom is -0.0654 e. The molecule has 3 aliphatic rings. The van der Waals surface area contributed by atoms with E-state index in [-0.39, 0.29) is 0 Å². The molecule has 0 nitrogen and oxygen atoms in total. The third kappa shape index (κ3) is 0.852. The smallest absolute Gasteiger partial charge is 0.00885 e. The standard InChI is InChI=1S/C18H32/c1-7-10-17-14(6)16(17,9-3)18(17,13(4)5)15(8-2)11-12-15/h13-14H,7-12H2,1-6H3. The zero-order chi connectivity index (χ0) is 13.4. The van der Waals surface area contributed by atoms with Crippen molar-refractivity contribution in [3.63, 3.8) is 0 Å². The van der Waals surface area contributed by atoms with Crippen molar-refractivity contribution in [2.24, 2.45) is 33.5 Å². The summed E-state index contributed by atoms with van der Waals surface area (Å²) in [6.45, 7) is 15.0. The molecule has 18 heavy (non-hydrogen) atoms. The highest BCUT2D eigenvalue weighted by atomic mass is 15.1. The van der Waals surface area contributed by atoms with Crippen LogP contribution in [-0.4, -0.2) is 0 Å². The molecule has 0 amide bonds. The van der Waals surface area contributed by atoms with Gasteiger partial charge in [0.05, 0.1) is 0 Å². The second-order valence-electron chi connectivity index (χ2n) is 7.86. The first-order valence-corrected chi connectivity index (χ1v) is 8.49. The van der Waals surface area contributed by atoms with Crippen LogP contribution in [0.4, 0.5) is 0 Å². The maximum atomic E-state index is 2.56. The van der Waals surface area contributed by atoms with E-state index < -0.39 is 0 Å². The van der Waals surface area contributed by atoms with Gasteiger partial charge in [0, 0.05) is 0 Å². The predicted molar refractivity (Wildman–Crippen MR) is 78.5 cm³/mol. The summed E-state index contributed by atoms with van der Waals surface area (Å²) in [6.07, 6.45) is 8.82. The van der Waals surface area contributed by atoms with E-state index in [0.29, 0.717) is 0 Å². The van der Waals surface area contributed by atoms with Gasteiger partial charge in [-0.2, -0.15) is 0 Å². The Morgan fingerprint density at radius 2 is 1.61 bits per heavy atom. The minimum atomic E-state index is 0.728. The number of fused-ring (bicyclic) bond motifs is 1. The highest BCUT2D eigenvalue weighted by Gasteiger charge is 3.05. The van der Waals surface area contributed by atoms with Crippen LogP contribution in [-0.2, 0) is 0 Å². The molecule has 3 rings (SSSR count). The summed E-state index contributed by atoms with van der Waals surface area (Å²) in [5.74, 6) is 1.91. The normalized spacial score (nSPS) is 51.2. The number of hydrogen-bond acceptors (Lipinski definition) is 0. The van der Waals surface area contributed by atoms with Crippen molar-refractivity contribution in [2.45, 2.75) is 80.1 Å². The molecule has 4 atom stereocenters. The average molecular weight is 248 g/mol. The van der Waals surface area contributed by atoms with Crippen LogP contribution in [0.15, 0.2) is 0 Å². The highest BCUT2D eigenvalue weighted by molar-refractivity contribution is 5.51. The van der Waals surface area contributed by atoms with Crippen molar-refractivity contribution in [1.29, 1.82) is 0 Å². The Morgan fingerprint density at radius 1 is 1.00 bits per heavy atom. The van der Waals surface area contributed by atoms with E-state index in [1.165, 1.54) is 38.5 Å². The molecule has 104 valence electrons. The average Bonchev–Trinajstić information content (AvgIpc) is 3.24. The van der Waals surface area contributed by atoms with Gasteiger partial charge in [-0.1, -0.05) is 48.0 Å². The van der Waals surface area contributed by atoms with E-state index in [1.54, 1.807) is 0 Å². The van der Waals surface area contributed by atoms with Crippen molar-refractivity contribution >= 4 is 0 Å². The maximum absolute atomic E-state index is 2.56. The van der Waals surface area contributed by atoms with Gasteiger partial charge < -0.3 is 0 Å². The molecule has 0 bridgehead atoms. The highest BCUT2D eigenvalue weighted by Crippen LogP contribution is 3.09. The molecule has 0 aromatic rings. The van der Waals surface area contributed by atoms with Gasteiger partial charge in [0.1, 0.15) is 0 Å². The summed E-state index contributed by atoms with van der Waals surface area (Å²) in [7, 11) is 0. The van der Waals surface area contributed by atoms with Gasteiger partial charge in [0.25, 0.3) is 0 Å². The summed E-state index contributed by atoms with van der Waals surface area (Å²) >= 11 is 0. The second kappa shape index (κ2) is 3.36. The van der Waals surface area contributed by atoms with Gasteiger partial charge in [-0.15, -0.1) is 0 Å². The van der Waals surface area contributed by atoms with E-state index in [2.05, 4.69) is 41.5 Å². The summed E-state index contributed by atoms with van der Waals surface area (Å²) in [4.78, 5) is 0. The van der Waals surface area contributed by atoms with Gasteiger partial charge in [0.2, 0.25) is 0 Å². The summed E-state index contributed by atoms with van der Waals surface area (Å²) in [6, 6.07) is 0. The maximum Gasteiger partial charge on any atom is -0.00885 e. The number of rotatable bonds is 6. The molecular formula is C18H32. The first-order chi connectivity index (χ1) is 8.49. The van der Waals surface area contributed by atoms with Crippen molar-refractivity contribution in [3.8, 4) is 0 Å². The molecule has 0 aliphatic heterocycles. The molecule has 3 aliphatic carbocycles. The Balaban J connectivity index is 2.04. The Kier molecular flexibility index (Phi) is 2.43. The Bertz CT molecular complexity index is 364. The SMILES string of the molecule is CCCC12C(C)C1(CC)C2(C(C)C)C1(CC)CC1. The van der Waals surface area contributed by atoms with Crippen molar-refractivity contribution in [1.82, 2.24) is 0 Å². The molecule has 0 radical (unpaired) electrons. The van der Waals surface area contributed by atoms with Crippen LogP contribution in [0.3, 0.4) is 0 Å². The monoisotopic (exact) mass is 248 g/mol. The zero-order valence-corrected chi connectivity index (χ0v) is 13.4. The first kappa shape index (κ1) is 13.0. The molecule has 0 saturated heterocycles. The van der Waals surface area contributed by atoms with Crippen LogP contribution >= 0.6 is 0 Å². The Labute approximate surface area is 114 Å². The van der Waals surface area contributed by atoms with Crippen LogP contribution in [0.2, 0.25) is 0 Å². The Hall–Kier alpha value is 0. The van der Waals surface area contributed by atoms with Gasteiger partial charge in [-0.3, -0.25) is 0 Å². The predicted octanol–water partition coefficient (Wildman–Crippen LogP) is 5.67. The molecule has 3 saturated carbocycles. The molecule has 0 heterocycles. The van der Waals surface area contributed by atoms with E-state index in [0.717, 1.165) is 33.5 Å². The van der Waals surface area contributed by atoms with Crippen LogP contribution in [0.25, 0.3) is 0 Å². The fraction of sp³-hybridized carbons (Fsp3) is 1.00. The molecule has 0 N–H and O–H groups in total. The van der Waals surface area contributed by atoms with E-state index in [4.69, 9.17) is 0 Å². The quantitative estimate of drug-likeness (QED) is 0.568. The lowest BCUT2D eigenvalue weighted by molar-refractivity contribution is 0.0267. The topological polar surface area (TPSA) is 0 Å². The third-order valence-electron chi connectivity index (χ3n) is 7.97. The van der Waals surface area contributed by atoms with Crippen LogP contribution in [0, 0.1) is 33.5 Å². The molecule has 0 spiro atoms. The van der Waals surface area contributed by atoms with Crippen LogP contribution in [0.1, 0.15) is 80.1 Å². The van der Waals surface area contributed by atoms with Crippen LogP contribution in [0.5, 0.6) is 0 Å². The lowest BCUT2D eigenvalue weighted by Gasteiger charge is -2.44. The fourth-order valence-electron chi connectivity index (χ4n) is 7.90. The largest absolute Gasteiger partial charge is 0.0654 e. The molecule has 0 aromatic heterocycles. The van der Waals surface area contributed by atoms with Crippen LogP contribution < -0.4 is 0 Å². The van der Waals surface area contributed by atoms with Gasteiger partial charge in [0.15, 0.2) is 0 Å². The van der Waals surface area contributed by atoms with Crippen molar-refractivity contribution < 1.29 is 0 Å². The fourth-order valence-corrected chi connectivity index (χ4v) is 7.90. The van der Waals surface area contributed by atoms with E-state index >= 15 is 0 Å². The molecule has 4 unspecified atom stereocenters. The minimum absolute atomic E-state index is 0.728. The van der Waals surface area contributed by atoms with E-state index in [9.17, 15) is 0 Å². The van der Waals surface area contributed by atoms with E-state index in [1.807, 2.05) is 0 Å². The summed E-state index contributed by atoms with van der Waals surface area (Å²) in [5.41, 5.74) is 2.98. The Morgan fingerprint density at radius 3 is 1.94 bits per heavy atom. The zero-order valence-electron chi connectivity index (χ0n) is 13.4. The van der Waals surface area contributed by atoms with Crippen molar-refractivity contribution in [2.75, 3.05) is 0 Å². The number of hydrogen-bond donors (Lipinski definition) is 0. The third-order valence-corrected chi connectivity index (χ3v) is 7.97. The van der Waals surface area contributed by atoms with Crippen molar-refractivity contribution in [3.05, 3.63) is 0 Å². The summed E-state index contributed by atoms with van der Waals surface area (Å²) < 4.78 is 0. The lowest BCUT2D eigenvalue weighted by Crippen LogP contribution is -2.39. The molecular weight excluding hydrogens is 216 g/mol.